The van der Waals surface area contributed by atoms with Crippen LogP contribution in [0.25, 0.3) is 0 Å². The maximum absolute atomic E-state index is 12.1. The standard InChI is InChI=1S/C14H25N5O/c1-11-13(10-17-18-11)4-3-5-16-14(20)12(2)19-8-6-15-7-9-19/h10,12,15H,3-9H2,1-2H3,(H,16,20)(H,17,18). The first-order valence-electron chi connectivity index (χ1n) is 7.40. The summed E-state index contributed by atoms with van der Waals surface area (Å²) in [5.74, 6) is 0.135. The fourth-order valence-corrected chi connectivity index (χ4v) is 2.50. The molecule has 1 aliphatic rings. The van der Waals surface area contributed by atoms with Crippen LogP contribution in [-0.2, 0) is 11.2 Å². The molecule has 1 fully saturated rings. The molecule has 1 aromatic heterocycles. The quantitative estimate of drug-likeness (QED) is 0.644. The van der Waals surface area contributed by atoms with Crippen LogP contribution in [0.5, 0.6) is 0 Å². The van der Waals surface area contributed by atoms with E-state index in [1.807, 2.05) is 20.0 Å². The molecule has 6 heteroatoms. The number of nitrogens with one attached hydrogen (secondary N) is 3. The third-order valence-electron chi connectivity index (χ3n) is 3.94. The highest BCUT2D eigenvalue weighted by atomic mass is 16.2. The van der Waals surface area contributed by atoms with Crippen LogP contribution in [0.2, 0.25) is 0 Å². The lowest BCUT2D eigenvalue weighted by atomic mass is 10.1. The molecule has 1 saturated heterocycles. The molecule has 6 nitrogen and oxygen atoms in total. The van der Waals surface area contributed by atoms with E-state index in [0.717, 1.165) is 51.3 Å². The number of hydrogen-bond donors (Lipinski definition) is 3. The summed E-state index contributed by atoms with van der Waals surface area (Å²) in [6, 6.07) is -0.0345. The van der Waals surface area contributed by atoms with Crippen LogP contribution >= 0.6 is 0 Å². The van der Waals surface area contributed by atoms with Crippen LogP contribution in [0, 0.1) is 6.92 Å². The number of aryl methyl sites for hydroxylation is 2. The van der Waals surface area contributed by atoms with E-state index >= 15 is 0 Å². The van der Waals surface area contributed by atoms with Crippen LogP contribution < -0.4 is 10.6 Å². The average Bonchev–Trinajstić information content (AvgIpc) is 2.89. The molecular weight excluding hydrogens is 254 g/mol. The summed E-state index contributed by atoms with van der Waals surface area (Å²) in [6.45, 7) is 8.56. The molecule has 0 radical (unpaired) electrons. The van der Waals surface area contributed by atoms with Crippen molar-refractivity contribution in [2.75, 3.05) is 32.7 Å². The Labute approximate surface area is 120 Å². The summed E-state index contributed by atoms with van der Waals surface area (Å²) in [5, 5.41) is 13.3. The number of piperazine rings is 1. The molecule has 20 heavy (non-hydrogen) atoms. The van der Waals surface area contributed by atoms with Crippen molar-refractivity contribution in [2.45, 2.75) is 32.7 Å². The summed E-state index contributed by atoms with van der Waals surface area (Å²) >= 11 is 0. The Balaban J connectivity index is 1.65. The van der Waals surface area contributed by atoms with Crippen molar-refractivity contribution < 1.29 is 4.79 Å². The van der Waals surface area contributed by atoms with Gasteiger partial charge in [0.05, 0.1) is 12.2 Å². The Morgan fingerprint density at radius 3 is 2.90 bits per heavy atom. The zero-order valence-corrected chi connectivity index (χ0v) is 12.4. The van der Waals surface area contributed by atoms with Gasteiger partial charge in [0.2, 0.25) is 5.91 Å². The Morgan fingerprint density at radius 1 is 1.50 bits per heavy atom. The zero-order valence-electron chi connectivity index (χ0n) is 12.4. The molecule has 0 saturated carbocycles. The summed E-state index contributed by atoms with van der Waals surface area (Å²) in [4.78, 5) is 14.3. The summed E-state index contributed by atoms with van der Waals surface area (Å²) < 4.78 is 0. The van der Waals surface area contributed by atoms with Crippen molar-refractivity contribution in [1.29, 1.82) is 0 Å². The number of nitrogens with zero attached hydrogens (tertiary/aromatic N) is 2. The molecule has 1 atom stereocenters. The van der Waals surface area contributed by atoms with E-state index in [1.165, 1.54) is 5.56 Å². The van der Waals surface area contributed by atoms with Gasteiger partial charge in [-0.2, -0.15) is 5.10 Å². The highest BCUT2D eigenvalue weighted by Gasteiger charge is 2.21. The molecule has 0 spiro atoms. The number of aromatic nitrogens is 2. The monoisotopic (exact) mass is 279 g/mol. The smallest absolute Gasteiger partial charge is 0.237 e. The molecule has 1 amide bonds. The number of H-pyrrole nitrogens is 1. The molecule has 0 bridgehead atoms. The van der Waals surface area contributed by atoms with Gasteiger partial charge in [-0.05, 0) is 32.3 Å². The van der Waals surface area contributed by atoms with Crippen molar-refractivity contribution >= 4 is 5.91 Å². The van der Waals surface area contributed by atoms with Crippen LogP contribution in [0.15, 0.2) is 6.20 Å². The van der Waals surface area contributed by atoms with Crippen molar-refractivity contribution in [3.63, 3.8) is 0 Å². The van der Waals surface area contributed by atoms with Crippen LogP contribution in [0.4, 0.5) is 0 Å². The van der Waals surface area contributed by atoms with Crippen LogP contribution in [0.1, 0.15) is 24.6 Å². The Morgan fingerprint density at radius 2 is 2.25 bits per heavy atom. The zero-order chi connectivity index (χ0) is 14.4. The van der Waals surface area contributed by atoms with Crippen LogP contribution in [0.3, 0.4) is 0 Å². The first-order chi connectivity index (χ1) is 9.68. The second-order valence-corrected chi connectivity index (χ2v) is 5.38. The number of aromatic amines is 1. The van der Waals surface area contributed by atoms with E-state index < -0.39 is 0 Å². The lowest BCUT2D eigenvalue weighted by Gasteiger charge is -2.31. The van der Waals surface area contributed by atoms with Gasteiger partial charge in [-0.25, -0.2) is 0 Å². The Bertz CT molecular complexity index is 425. The average molecular weight is 279 g/mol. The minimum atomic E-state index is -0.0345. The fourth-order valence-electron chi connectivity index (χ4n) is 2.50. The lowest BCUT2D eigenvalue weighted by molar-refractivity contribution is -0.126. The highest BCUT2D eigenvalue weighted by molar-refractivity contribution is 5.81. The van der Waals surface area contributed by atoms with Crippen molar-refractivity contribution in [1.82, 2.24) is 25.7 Å². The second-order valence-electron chi connectivity index (χ2n) is 5.38. The minimum Gasteiger partial charge on any atom is -0.355 e. The first kappa shape index (κ1) is 15.0. The van der Waals surface area contributed by atoms with Gasteiger partial charge in [0.1, 0.15) is 0 Å². The van der Waals surface area contributed by atoms with Gasteiger partial charge in [0, 0.05) is 38.4 Å². The molecule has 3 N–H and O–H groups in total. The minimum absolute atomic E-state index is 0.0345. The van der Waals surface area contributed by atoms with E-state index in [0.29, 0.717) is 0 Å². The van der Waals surface area contributed by atoms with Gasteiger partial charge >= 0.3 is 0 Å². The molecule has 0 aliphatic carbocycles. The van der Waals surface area contributed by atoms with E-state index in [-0.39, 0.29) is 11.9 Å². The van der Waals surface area contributed by atoms with E-state index in [4.69, 9.17) is 0 Å². The van der Waals surface area contributed by atoms with Gasteiger partial charge in [0.25, 0.3) is 0 Å². The van der Waals surface area contributed by atoms with E-state index in [9.17, 15) is 4.79 Å². The van der Waals surface area contributed by atoms with Crippen molar-refractivity contribution in [2.24, 2.45) is 0 Å². The molecule has 112 valence electrons. The van der Waals surface area contributed by atoms with Crippen molar-refractivity contribution in [3.05, 3.63) is 17.5 Å². The topological polar surface area (TPSA) is 73.0 Å². The van der Waals surface area contributed by atoms with Gasteiger partial charge in [-0.15, -0.1) is 0 Å². The lowest BCUT2D eigenvalue weighted by Crippen LogP contribution is -2.52. The SMILES string of the molecule is Cc1[nH]ncc1CCCNC(=O)C(C)N1CCNCC1. The van der Waals surface area contributed by atoms with Crippen molar-refractivity contribution in [3.8, 4) is 0 Å². The maximum Gasteiger partial charge on any atom is 0.237 e. The van der Waals surface area contributed by atoms with E-state index in [1.54, 1.807) is 0 Å². The van der Waals surface area contributed by atoms with Crippen LogP contribution in [-0.4, -0.2) is 59.8 Å². The van der Waals surface area contributed by atoms with Gasteiger partial charge in [-0.3, -0.25) is 14.8 Å². The molecule has 1 aromatic rings. The second kappa shape index (κ2) is 7.40. The third-order valence-corrected chi connectivity index (χ3v) is 3.94. The van der Waals surface area contributed by atoms with Gasteiger partial charge < -0.3 is 10.6 Å². The summed E-state index contributed by atoms with van der Waals surface area (Å²) in [6.07, 6.45) is 3.76. The predicted octanol–water partition coefficient (Wildman–Crippen LogP) is 0.0606. The molecule has 2 rings (SSSR count). The molecule has 2 heterocycles. The number of rotatable bonds is 6. The van der Waals surface area contributed by atoms with Gasteiger partial charge in [-0.1, -0.05) is 0 Å². The van der Waals surface area contributed by atoms with E-state index in [2.05, 4.69) is 25.7 Å². The Kier molecular flexibility index (Phi) is 5.55. The Hall–Kier alpha value is -1.40. The van der Waals surface area contributed by atoms with Gasteiger partial charge in [0.15, 0.2) is 0 Å². The normalized spacial score (nSPS) is 17.9. The predicted molar refractivity (Wildman–Crippen MR) is 78.6 cm³/mol. The molecule has 0 aromatic carbocycles. The summed E-state index contributed by atoms with van der Waals surface area (Å²) in [7, 11) is 0. The number of amides is 1. The first-order valence-corrected chi connectivity index (χ1v) is 7.40. The molecule has 1 unspecified atom stereocenters. The number of carbonyl (C=O) groups excluding carboxylic acids is 1. The highest BCUT2D eigenvalue weighted by Crippen LogP contribution is 2.05. The number of hydrogen-bond acceptors (Lipinski definition) is 4. The molecular formula is C14H25N5O. The third kappa shape index (κ3) is 4.05. The number of carbonyl (C=O) groups is 1. The molecule has 1 aliphatic heterocycles. The maximum atomic E-state index is 12.1. The largest absolute Gasteiger partial charge is 0.355 e. The summed E-state index contributed by atoms with van der Waals surface area (Å²) in [5.41, 5.74) is 2.35. The fraction of sp³-hybridized carbons (Fsp3) is 0.714.